The third-order valence-electron chi connectivity index (χ3n) is 6.60. The van der Waals surface area contributed by atoms with Gasteiger partial charge in [-0.15, -0.1) is 0 Å². The molecular formula is C27H41N11O7. The molecule has 2 rings (SSSR count). The van der Waals surface area contributed by atoms with Crippen LogP contribution >= 0.6 is 0 Å². The molecule has 0 saturated carbocycles. The standard InChI is InChI=1S/C27H41N11O7/c28-16(11-14-13-35-17-6-2-1-5-15(14)17)22(41)36-18(7-3-9-33-26(29)30)23(42)38-20(12-21(39)40)24(43)37-19(25(44)45)8-4-10-34-27(31)32/h1-2,5-6,13,16,18-20,35H,3-4,7-12,28H2,(H,36,41)(H,37,43)(H,38,42)(H,39,40)(H,44,45)(H4,29,30,33)(H4,31,32,34). The number of hydrogen-bond donors (Lipinski definition) is 11. The van der Waals surface area contributed by atoms with Crippen LogP contribution in [0.25, 0.3) is 10.9 Å². The number of carbonyl (C=O) groups excluding carboxylic acids is 3. The lowest BCUT2D eigenvalue weighted by Gasteiger charge is -2.24. The molecule has 4 atom stereocenters. The molecule has 16 N–H and O–H groups in total. The zero-order chi connectivity index (χ0) is 33.5. The van der Waals surface area contributed by atoms with Gasteiger partial charge in [0.1, 0.15) is 18.1 Å². The van der Waals surface area contributed by atoms with Crippen molar-refractivity contribution in [3.05, 3.63) is 36.0 Å². The number of guanidine groups is 2. The molecule has 1 aromatic carbocycles. The van der Waals surface area contributed by atoms with Crippen molar-refractivity contribution >= 4 is 52.5 Å². The number of H-pyrrole nitrogens is 1. The molecular weight excluding hydrogens is 590 g/mol. The van der Waals surface area contributed by atoms with Crippen LogP contribution in [0.15, 0.2) is 40.4 Å². The van der Waals surface area contributed by atoms with Gasteiger partial charge in [-0.1, -0.05) is 18.2 Å². The van der Waals surface area contributed by atoms with Crippen LogP contribution in [-0.2, 0) is 30.4 Å². The third kappa shape index (κ3) is 12.4. The van der Waals surface area contributed by atoms with Gasteiger partial charge in [-0.05, 0) is 43.7 Å². The average Bonchev–Trinajstić information content (AvgIpc) is 3.37. The maximum absolute atomic E-state index is 13.3. The summed E-state index contributed by atoms with van der Waals surface area (Å²) in [6, 6.07) is 2.02. The minimum absolute atomic E-state index is 0.00187. The Labute approximate surface area is 258 Å². The molecule has 1 aromatic heterocycles. The lowest BCUT2D eigenvalue weighted by Crippen LogP contribution is -2.57. The highest BCUT2D eigenvalue weighted by Gasteiger charge is 2.31. The van der Waals surface area contributed by atoms with E-state index >= 15 is 0 Å². The number of aromatic nitrogens is 1. The zero-order valence-electron chi connectivity index (χ0n) is 24.6. The second-order valence-electron chi connectivity index (χ2n) is 10.2. The number of aliphatic carboxylic acids is 2. The lowest BCUT2D eigenvalue weighted by molar-refractivity contribution is -0.143. The highest BCUT2D eigenvalue weighted by Crippen LogP contribution is 2.19. The molecule has 1 heterocycles. The van der Waals surface area contributed by atoms with Gasteiger partial charge in [0.15, 0.2) is 11.9 Å². The fourth-order valence-corrected chi connectivity index (χ4v) is 4.37. The van der Waals surface area contributed by atoms with Gasteiger partial charge < -0.3 is 59.8 Å². The predicted octanol–water partition coefficient (Wildman–Crippen LogP) is -2.84. The summed E-state index contributed by atoms with van der Waals surface area (Å²) < 4.78 is 0. The van der Waals surface area contributed by atoms with Crippen molar-refractivity contribution in [3.8, 4) is 0 Å². The molecule has 0 radical (unpaired) electrons. The Kier molecular flexibility index (Phi) is 14.1. The van der Waals surface area contributed by atoms with Crippen molar-refractivity contribution in [1.29, 1.82) is 0 Å². The number of nitrogens with one attached hydrogen (secondary N) is 4. The molecule has 0 aliphatic rings. The van der Waals surface area contributed by atoms with E-state index < -0.39 is 60.2 Å². The smallest absolute Gasteiger partial charge is 0.326 e. The number of hydrogen-bond acceptors (Lipinski definition) is 8. The molecule has 0 aliphatic heterocycles. The molecule has 0 saturated heterocycles. The number of aromatic amines is 1. The monoisotopic (exact) mass is 631 g/mol. The molecule has 246 valence electrons. The first-order valence-corrected chi connectivity index (χ1v) is 14.1. The van der Waals surface area contributed by atoms with E-state index in [9.17, 15) is 34.2 Å². The maximum Gasteiger partial charge on any atom is 0.326 e. The van der Waals surface area contributed by atoms with E-state index in [-0.39, 0.29) is 57.1 Å². The Balaban J connectivity index is 2.16. The van der Waals surface area contributed by atoms with E-state index in [1.165, 1.54) is 0 Å². The summed E-state index contributed by atoms with van der Waals surface area (Å²) in [6.07, 6.45) is 1.34. The summed E-state index contributed by atoms with van der Waals surface area (Å²) in [5.74, 6) is -5.81. The number of carboxylic acid groups (broad SMARTS) is 2. The molecule has 0 aliphatic carbocycles. The minimum Gasteiger partial charge on any atom is -0.481 e. The van der Waals surface area contributed by atoms with Crippen LogP contribution in [0.3, 0.4) is 0 Å². The first-order valence-electron chi connectivity index (χ1n) is 14.1. The fraction of sp³-hybridized carbons (Fsp3) is 0.444. The Morgan fingerprint density at radius 3 is 1.89 bits per heavy atom. The molecule has 0 spiro atoms. The van der Waals surface area contributed by atoms with Gasteiger partial charge in [0, 0.05) is 30.2 Å². The molecule has 45 heavy (non-hydrogen) atoms. The molecule has 2 aromatic rings. The molecule has 4 unspecified atom stereocenters. The molecule has 0 bridgehead atoms. The lowest BCUT2D eigenvalue weighted by atomic mass is 10.0. The summed E-state index contributed by atoms with van der Waals surface area (Å²) in [4.78, 5) is 73.3. The van der Waals surface area contributed by atoms with E-state index in [2.05, 4.69) is 30.9 Å². The van der Waals surface area contributed by atoms with E-state index in [1.807, 2.05) is 24.3 Å². The Hall–Kier alpha value is -5.39. The highest BCUT2D eigenvalue weighted by molar-refractivity contribution is 5.96. The predicted molar refractivity (Wildman–Crippen MR) is 165 cm³/mol. The van der Waals surface area contributed by atoms with Crippen molar-refractivity contribution in [2.45, 2.75) is 62.7 Å². The van der Waals surface area contributed by atoms with Crippen LogP contribution in [-0.4, -0.2) is 94.0 Å². The zero-order valence-corrected chi connectivity index (χ0v) is 24.6. The summed E-state index contributed by atoms with van der Waals surface area (Å²) in [7, 11) is 0. The molecule has 0 fully saturated rings. The van der Waals surface area contributed by atoms with E-state index in [0.29, 0.717) is 0 Å². The van der Waals surface area contributed by atoms with Crippen molar-refractivity contribution < 1.29 is 34.2 Å². The largest absolute Gasteiger partial charge is 0.481 e. The number of aliphatic imine (C=N–C) groups is 2. The van der Waals surface area contributed by atoms with Crippen LogP contribution in [0.1, 0.15) is 37.7 Å². The molecule has 18 nitrogen and oxygen atoms in total. The number of nitrogens with two attached hydrogens (primary N) is 5. The quantitative estimate of drug-likeness (QED) is 0.0424. The number of benzene rings is 1. The number of nitrogens with zero attached hydrogens (tertiary/aromatic N) is 2. The van der Waals surface area contributed by atoms with Crippen molar-refractivity contribution in [1.82, 2.24) is 20.9 Å². The summed E-state index contributed by atoms with van der Waals surface area (Å²) in [5, 5.41) is 26.9. The van der Waals surface area contributed by atoms with Crippen molar-refractivity contribution in [2.24, 2.45) is 38.7 Å². The van der Waals surface area contributed by atoms with E-state index in [0.717, 1.165) is 16.5 Å². The number of para-hydroxylation sites is 1. The molecule has 3 amide bonds. The SMILES string of the molecule is NC(N)=NCCCC(NC(=O)C(CC(=O)O)NC(=O)C(CCCN=C(N)N)NC(=O)C(N)Cc1c[nH]c2ccccc12)C(=O)O. The number of carbonyl (C=O) groups is 5. The van der Waals surface area contributed by atoms with Crippen molar-refractivity contribution in [2.75, 3.05) is 13.1 Å². The topological polar surface area (TPSA) is 333 Å². The van der Waals surface area contributed by atoms with E-state index in [4.69, 9.17) is 28.7 Å². The number of fused-ring (bicyclic) bond motifs is 1. The number of rotatable bonds is 19. The second-order valence-corrected chi connectivity index (χ2v) is 10.2. The Morgan fingerprint density at radius 2 is 1.31 bits per heavy atom. The van der Waals surface area contributed by atoms with Crippen LogP contribution in [0, 0.1) is 0 Å². The number of carboxylic acids is 2. The Morgan fingerprint density at radius 1 is 0.778 bits per heavy atom. The third-order valence-corrected chi connectivity index (χ3v) is 6.60. The Bertz CT molecular complexity index is 1400. The summed E-state index contributed by atoms with van der Waals surface area (Å²) in [5.41, 5.74) is 29.0. The van der Waals surface area contributed by atoms with Crippen LogP contribution in [0.4, 0.5) is 0 Å². The van der Waals surface area contributed by atoms with Gasteiger partial charge in [-0.2, -0.15) is 0 Å². The van der Waals surface area contributed by atoms with Gasteiger partial charge in [0.25, 0.3) is 0 Å². The van der Waals surface area contributed by atoms with Gasteiger partial charge in [0.2, 0.25) is 17.7 Å². The number of amides is 3. The van der Waals surface area contributed by atoms with E-state index in [1.54, 1.807) is 6.20 Å². The van der Waals surface area contributed by atoms with Crippen LogP contribution < -0.4 is 44.6 Å². The first-order chi connectivity index (χ1) is 21.3. The normalized spacial score (nSPS) is 13.4. The first kappa shape index (κ1) is 35.8. The van der Waals surface area contributed by atoms with Gasteiger partial charge in [0.05, 0.1) is 12.5 Å². The minimum atomic E-state index is -1.67. The van der Waals surface area contributed by atoms with Gasteiger partial charge >= 0.3 is 11.9 Å². The molecule has 18 heteroatoms. The maximum atomic E-state index is 13.3. The summed E-state index contributed by atoms with van der Waals surface area (Å²) in [6.45, 7) is 0.212. The fourth-order valence-electron chi connectivity index (χ4n) is 4.37. The average molecular weight is 632 g/mol. The van der Waals surface area contributed by atoms with Crippen molar-refractivity contribution in [3.63, 3.8) is 0 Å². The van der Waals surface area contributed by atoms with Gasteiger partial charge in [-0.25, -0.2) is 4.79 Å². The van der Waals surface area contributed by atoms with Crippen LogP contribution in [0.2, 0.25) is 0 Å². The second kappa shape index (κ2) is 17.7. The van der Waals surface area contributed by atoms with Crippen LogP contribution in [0.5, 0.6) is 0 Å². The summed E-state index contributed by atoms with van der Waals surface area (Å²) >= 11 is 0. The highest BCUT2D eigenvalue weighted by atomic mass is 16.4. The van der Waals surface area contributed by atoms with Gasteiger partial charge in [-0.3, -0.25) is 29.2 Å².